The Morgan fingerprint density at radius 2 is 2.06 bits per heavy atom. The minimum absolute atomic E-state index is 0.139. The molecule has 0 aromatic heterocycles. The average Bonchev–Trinajstić information content (AvgIpc) is 2.27. The van der Waals surface area contributed by atoms with E-state index in [1.54, 1.807) is 7.11 Å². The van der Waals surface area contributed by atoms with Crippen LogP contribution < -0.4 is 10.1 Å². The summed E-state index contributed by atoms with van der Waals surface area (Å²) in [5, 5.41) is 3.16. The number of carbonyl (C=O) groups excluding carboxylic acids is 1. The number of hydrogen-bond acceptors (Lipinski definition) is 3. The number of hydrogen-bond donors (Lipinski definition) is 1. The summed E-state index contributed by atoms with van der Waals surface area (Å²) in [4.78, 5) is 12.1. The molecule has 3 nitrogen and oxygen atoms in total. The van der Waals surface area contributed by atoms with Gasteiger partial charge in [-0.2, -0.15) is 0 Å². The number of benzene rings is 1. The number of ketones is 1. The van der Waals surface area contributed by atoms with Crippen LogP contribution in [0.1, 0.15) is 34.8 Å². The summed E-state index contributed by atoms with van der Waals surface area (Å²) in [6.07, 6.45) is 0.508. The molecule has 94 valence electrons. The van der Waals surface area contributed by atoms with Gasteiger partial charge in [-0.15, -0.1) is 0 Å². The van der Waals surface area contributed by atoms with E-state index in [1.807, 2.05) is 32.9 Å². The molecule has 1 rings (SSSR count). The molecule has 1 aromatic carbocycles. The van der Waals surface area contributed by atoms with Crippen molar-refractivity contribution >= 4 is 5.78 Å². The molecule has 0 saturated carbocycles. The van der Waals surface area contributed by atoms with Crippen molar-refractivity contribution in [3.8, 4) is 5.75 Å². The zero-order valence-corrected chi connectivity index (χ0v) is 11.1. The lowest BCUT2D eigenvalue weighted by Gasteiger charge is -2.12. The standard InChI is InChI=1S/C14H21NO2/c1-5-15-7-6-12(16)14-11(3)8-10(2)9-13(14)17-4/h8-9,15H,5-7H2,1-4H3. The molecular weight excluding hydrogens is 214 g/mol. The number of methoxy groups -OCH3 is 1. The van der Waals surface area contributed by atoms with Crippen LogP contribution in [0.5, 0.6) is 5.75 Å². The topological polar surface area (TPSA) is 38.3 Å². The smallest absolute Gasteiger partial charge is 0.168 e. The number of nitrogens with one attached hydrogen (secondary N) is 1. The molecule has 0 aliphatic rings. The molecular formula is C14H21NO2. The Morgan fingerprint density at radius 1 is 1.35 bits per heavy atom. The molecule has 0 unspecified atom stereocenters. The highest BCUT2D eigenvalue weighted by Crippen LogP contribution is 2.25. The van der Waals surface area contributed by atoms with Crippen molar-refractivity contribution in [2.24, 2.45) is 0 Å². The zero-order valence-electron chi connectivity index (χ0n) is 11.1. The summed E-state index contributed by atoms with van der Waals surface area (Å²) >= 11 is 0. The summed E-state index contributed by atoms with van der Waals surface area (Å²) in [6.45, 7) is 7.59. The van der Waals surface area contributed by atoms with Gasteiger partial charge in [-0.25, -0.2) is 0 Å². The van der Waals surface area contributed by atoms with Gasteiger partial charge in [0.1, 0.15) is 5.75 Å². The quantitative estimate of drug-likeness (QED) is 0.608. The molecule has 0 heterocycles. The summed E-state index contributed by atoms with van der Waals surface area (Å²) < 4.78 is 5.29. The highest BCUT2D eigenvalue weighted by molar-refractivity contribution is 6.00. The van der Waals surface area contributed by atoms with Crippen molar-refractivity contribution < 1.29 is 9.53 Å². The first-order valence-electron chi connectivity index (χ1n) is 5.99. The van der Waals surface area contributed by atoms with Gasteiger partial charge in [0.25, 0.3) is 0 Å². The molecule has 1 N–H and O–H groups in total. The molecule has 17 heavy (non-hydrogen) atoms. The fraction of sp³-hybridized carbons (Fsp3) is 0.500. The Balaban J connectivity index is 2.92. The van der Waals surface area contributed by atoms with Gasteiger partial charge >= 0.3 is 0 Å². The molecule has 0 radical (unpaired) electrons. The second-order valence-corrected chi connectivity index (χ2v) is 4.19. The fourth-order valence-electron chi connectivity index (χ4n) is 1.95. The number of rotatable bonds is 6. The Labute approximate surface area is 103 Å². The molecule has 0 atom stereocenters. The van der Waals surface area contributed by atoms with E-state index in [-0.39, 0.29) is 5.78 Å². The minimum atomic E-state index is 0.139. The number of Topliss-reactive ketones (excluding diaryl/α,β-unsaturated/α-hetero) is 1. The molecule has 0 aliphatic carbocycles. The van der Waals surface area contributed by atoms with Gasteiger partial charge in [-0.1, -0.05) is 13.0 Å². The zero-order chi connectivity index (χ0) is 12.8. The first-order valence-corrected chi connectivity index (χ1v) is 5.99. The van der Waals surface area contributed by atoms with E-state index in [4.69, 9.17) is 4.74 Å². The Bertz CT molecular complexity index is 399. The van der Waals surface area contributed by atoms with Crippen molar-refractivity contribution in [3.63, 3.8) is 0 Å². The molecule has 0 fully saturated rings. The molecule has 0 bridgehead atoms. The summed E-state index contributed by atoms with van der Waals surface area (Å²) in [5.74, 6) is 0.823. The lowest BCUT2D eigenvalue weighted by molar-refractivity contribution is 0.0979. The number of aryl methyl sites for hydroxylation is 2. The van der Waals surface area contributed by atoms with Gasteiger partial charge in [0, 0.05) is 13.0 Å². The summed E-state index contributed by atoms with van der Waals surface area (Å²) in [5.41, 5.74) is 2.82. The van der Waals surface area contributed by atoms with Crippen LogP contribution in [0.4, 0.5) is 0 Å². The van der Waals surface area contributed by atoms with E-state index < -0.39 is 0 Å². The minimum Gasteiger partial charge on any atom is -0.496 e. The van der Waals surface area contributed by atoms with Crippen LogP contribution in [0.3, 0.4) is 0 Å². The van der Waals surface area contributed by atoms with E-state index in [2.05, 4.69) is 5.32 Å². The van der Waals surface area contributed by atoms with Gasteiger partial charge in [0.2, 0.25) is 0 Å². The van der Waals surface area contributed by atoms with E-state index in [1.165, 1.54) is 0 Å². The van der Waals surface area contributed by atoms with Gasteiger partial charge < -0.3 is 10.1 Å². The SMILES string of the molecule is CCNCCC(=O)c1c(C)cc(C)cc1OC. The van der Waals surface area contributed by atoms with Gasteiger partial charge in [-0.3, -0.25) is 4.79 Å². The first kappa shape index (κ1) is 13.7. The van der Waals surface area contributed by atoms with Gasteiger partial charge in [0.05, 0.1) is 12.7 Å². The fourth-order valence-corrected chi connectivity index (χ4v) is 1.95. The van der Waals surface area contributed by atoms with Crippen LogP contribution in [0.25, 0.3) is 0 Å². The van der Waals surface area contributed by atoms with Gasteiger partial charge in [-0.05, 0) is 37.6 Å². The van der Waals surface area contributed by atoms with Crippen molar-refractivity contribution in [2.75, 3.05) is 20.2 Å². The van der Waals surface area contributed by atoms with E-state index in [9.17, 15) is 4.79 Å². The maximum atomic E-state index is 12.1. The van der Waals surface area contributed by atoms with Crippen molar-refractivity contribution in [1.29, 1.82) is 0 Å². The van der Waals surface area contributed by atoms with Crippen molar-refractivity contribution in [1.82, 2.24) is 5.32 Å². The van der Waals surface area contributed by atoms with Crippen LogP contribution in [-0.4, -0.2) is 26.0 Å². The third-order valence-electron chi connectivity index (χ3n) is 2.72. The second kappa shape index (κ2) is 6.40. The first-order chi connectivity index (χ1) is 8.10. The lowest BCUT2D eigenvalue weighted by Crippen LogP contribution is -2.18. The predicted molar refractivity (Wildman–Crippen MR) is 70.0 cm³/mol. The van der Waals surface area contributed by atoms with Crippen molar-refractivity contribution in [3.05, 3.63) is 28.8 Å². The third-order valence-corrected chi connectivity index (χ3v) is 2.72. The summed E-state index contributed by atoms with van der Waals surface area (Å²) in [7, 11) is 1.61. The third kappa shape index (κ3) is 3.56. The van der Waals surface area contributed by atoms with E-state index in [0.29, 0.717) is 18.7 Å². The van der Waals surface area contributed by atoms with Gasteiger partial charge in [0.15, 0.2) is 5.78 Å². The largest absolute Gasteiger partial charge is 0.496 e. The molecule has 0 aliphatic heterocycles. The average molecular weight is 235 g/mol. The van der Waals surface area contributed by atoms with Crippen LogP contribution in [-0.2, 0) is 0 Å². The predicted octanol–water partition coefficient (Wildman–Crippen LogP) is 2.49. The number of carbonyl (C=O) groups is 1. The molecule has 0 spiro atoms. The molecule has 1 aromatic rings. The monoisotopic (exact) mass is 235 g/mol. The maximum Gasteiger partial charge on any atom is 0.168 e. The highest BCUT2D eigenvalue weighted by atomic mass is 16.5. The highest BCUT2D eigenvalue weighted by Gasteiger charge is 2.15. The molecule has 0 saturated heterocycles. The Hall–Kier alpha value is -1.35. The molecule has 3 heteroatoms. The van der Waals surface area contributed by atoms with Crippen LogP contribution in [0.2, 0.25) is 0 Å². The van der Waals surface area contributed by atoms with Crippen LogP contribution in [0, 0.1) is 13.8 Å². The second-order valence-electron chi connectivity index (χ2n) is 4.19. The Kier molecular flexibility index (Phi) is 5.16. The maximum absolute atomic E-state index is 12.1. The van der Waals surface area contributed by atoms with Crippen LogP contribution in [0.15, 0.2) is 12.1 Å². The lowest BCUT2D eigenvalue weighted by atomic mass is 9.99. The number of ether oxygens (including phenoxy) is 1. The van der Waals surface area contributed by atoms with Crippen molar-refractivity contribution in [2.45, 2.75) is 27.2 Å². The van der Waals surface area contributed by atoms with Crippen LogP contribution >= 0.6 is 0 Å². The molecule has 0 amide bonds. The Morgan fingerprint density at radius 3 is 2.65 bits per heavy atom. The van der Waals surface area contributed by atoms with E-state index >= 15 is 0 Å². The summed E-state index contributed by atoms with van der Waals surface area (Å²) in [6, 6.07) is 3.93. The van der Waals surface area contributed by atoms with E-state index in [0.717, 1.165) is 23.2 Å². The normalized spacial score (nSPS) is 10.4.